The summed E-state index contributed by atoms with van der Waals surface area (Å²) in [4.78, 5) is 3.51. The molecule has 0 aliphatic rings. The van der Waals surface area contributed by atoms with Crippen LogP contribution < -0.4 is 4.72 Å². The van der Waals surface area contributed by atoms with E-state index in [4.69, 9.17) is 16.9 Å². The van der Waals surface area contributed by atoms with E-state index in [2.05, 4.69) is 9.71 Å². The smallest absolute Gasteiger partial charge is 0.263 e. The lowest BCUT2D eigenvalue weighted by molar-refractivity contribution is 0.599. The molecule has 0 amide bonds. The lowest BCUT2D eigenvalue weighted by Gasteiger charge is -2.08. The minimum Gasteiger partial charge on any atom is -0.263 e. The van der Waals surface area contributed by atoms with Crippen LogP contribution in [0.5, 0.6) is 0 Å². The minimum absolute atomic E-state index is 0.0237. The van der Waals surface area contributed by atoms with E-state index in [9.17, 15) is 12.8 Å². The summed E-state index contributed by atoms with van der Waals surface area (Å²) in [7, 11) is -4.01. The molecule has 1 aromatic carbocycles. The van der Waals surface area contributed by atoms with Crippen LogP contribution in [0.25, 0.3) is 0 Å². The van der Waals surface area contributed by atoms with E-state index in [0.717, 1.165) is 18.2 Å². The molecule has 1 N–H and O–H groups in total. The van der Waals surface area contributed by atoms with Gasteiger partial charge in [-0.2, -0.15) is 5.26 Å². The highest BCUT2D eigenvalue weighted by Gasteiger charge is 2.19. The summed E-state index contributed by atoms with van der Waals surface area (Å²) in [6.45, 7) is 0. The van der Waals surface area contributed by atoms with Crippen LogP contribution in [-0.4, -0.2) is 13.4 Å². The Morgan fingerprint density at radius 3 is 2.70 bits per heavy atom. The quantitative estimate of drug-likeness (QED) is 0.944. The molecule has 2 rings (SSSR count). The Morgan fingerprint density at radius 2 is 2.05 bits per heavy atom. The highest BCUT2D eigenvalue weighted by molar-refractivity contribution is 7.92. The Bertz CT molecular complexity index is 803. The summed E-state index contributed by atoms with van der Waals surface area (Å²) >= 11 is 5.71. The zero-order valence-electron chi connectivity index (χ0n) is 9.84. The molecule has 0 unspecified atom stereocenters. The Morgan fingerprint density at radius 1 is 1.30 bits per heavy atom. The SMILES string of the molecule is N#Cc1ccnc(NS(=O)(=O)c2ccc(F)cc2Cl)c1. The summed E-state index contributed by atoms with van der Waals surface area (Å²) in [6, 6.07) is 7.50. The summed E-state index contributed by atoms with van der Waals surface area (Å²) in [5.74, 6) is -0.664. The first-order valence-corrected chi connectivity index (χ1v) is 7.12. The third-order valence-corrected chi connectivity index (χ3v) is 4.15. The van der Waals surface area contributed by atoms with Crippen molar-refractivity contribution in [1.82, 2.24) is 4.98 Å². The summed E-state index contributed by atoms with van der Waals surface area (Å²) in [5.41, 5.74) is 0.253. The van der Waals surface area contributed by atoms with Crippen LogP contribution in [0, 0.1) is 17.1 Å². The van der Waals surface area contributed by atoms with E-state index in [1.54, 1.807) is 0 Å². The molecule has 1 aromatic heterocycles. The van der Waals surface area contributed by atoms with Gasteiger partial charge in [0, 0.05) is 6.20 Å². The molecule has 8 heteroatoms. The predicted molar refractivity (Wildman–Crippen MR) is 71.2 cm³/mol. The summed E-state index contributed by atoms with van der Waals surface area (Å²) in [6.07, 6.45) is 1.29. The molecule has 0 spiro atoms. The number of nitrogens with zero attached hydrogens (tertiary/aromatic N) is 2. The molecule has 0 saturated heterocycles. The molecule has 0 fully saturated rings. The average Bonchev–Trinajstić information content (AvgIpc) is 2.37. The van der Waals surface area contributed by atoms with Gasteiger partial charge in [-0.15, -0.1) is 0 Å². The number of pyridine rings is 1. The van der Waals surface area contributed by atoms with E-state index in [1.807, 2.05) is 6.07 Å². The van der Waals surface area contributed by atoms with E-state index in [-0.39, 0.29) is 21.3 Å². The molecule has 20 heavy (non-hydrogen) atoms. The first-order valence-electron chi connectivity index (χ1n) is 5.26. The first-order chi connectivity index (χ1) is 9.42. The largest absolute Gasteiger partial charge is 0.264 e. The standard InChI is InChI=1S/C12H7ClFN3O2S/c13-10-6-9(14)1-2-11(10)20(18,19)17-12-5-8(7-15)3-4-16-12/h1-6H,(H,16,17). The fourth-order valence-corrected chi connectivity index (χ4v) is 2.97. The van der Waals surface area contributed by atoms with Gasteiger partial charge in [0.1, 0.15) is 16.5 Å². The second-order valence-corrected chi connectivity index (χ2v) is 5.78. The second kappa shape index (κ2) is 5.45. The van der Waals surface area contributed by atoms with Crippen molar-refractivity contribution in [1.29, 1.82) is 5.26 Å². The van der Waals surface area contributed by atoms with Gasteiger partial charge in [0.25, 0.3) is 10.0 Å². The third-order valence-electron chi connectivity index (χ3n) is 2.31. The number of benzene rings is 1. The molecule has 0 aliphatic carbocycles. The van der Waals surface area contributed by atoms with E-state index in [0.29, 0.717) is 0 Å². The predicted octanol–water partition coefficient (Wildman–Crippen LogP) is 2.55. The fraction of sp³-hybridized carbons (Fsp3) is 0. The topological polar surface area (TPSA) is 82.8 Å². The van der Waals surface area contributed by atoms with Crippen LogP contribution in [-0.2, 0) is 10.0 Å². The number of nitriles is 1. The number of nitrogens with one attached hydrogen (secondary N) is 1. The Hall–Kier alpha value is -2.17. The van der Waals surface area contributed by atoms with Crippen molar-refractivity contribution in [2.75, 3.05) is 4.72 Å². The van der Waals surface area contributed by atoms with Crippen molar-refractivity contribution >= 4 is 27.4 Å². The van der Waals surface area contributed by atoms with Crippen molar-refractivity contribution in [2.45, 2.75) is 4.90 Å². The fourth-order valence-electron chi connectivity index (χ4n) is 1.44. The Kier molecular flexibility index (Phi) is 3.88. The molecule has 0 aliphatic heterocycles. The van der Waals surface area contributed by atoms with Gasteiger partial charge in [0.15, 0.2) is 0 Å². The maximum Gasteiger partial charge on any atom is 0.264 e. The number of aromatic nitrogens is 1. The first kappa shape index (κ1) is 14.2. The Labute approximate surface area is 119 Å². The van der Waals surface area contributed by atoms with Crippen LogP contribution in [0.3, 0.4) is 0 Å². The molecular formula is C12H7ClFN3O2S. The molecule has 0 radical (unpaired) electrons. The molecule has 2 aromatic rings. The van der Waals surface area contributed by atoms with Crippen molar-refractivity contribution in [3.05, 3.63) is 52.9 Å². The van der Waals surface area contributed by atoms with Gasteiger partial charge in [0.05, 0.1) is 16.7 Å². The van der Waals surface area contributed by atoms with Crippen molar-refractivity contribution in [3.63, 3.8) is 0 Å². The van der Waals surface area contributed by atoms with Crippen LogP contribution in [0.1, 0.15) is 5.56 Å². The number of halogens is 2. The molecule has 1 heterocycles. The maximum atomic E-state index is 12.9. The van der Waals surface area contributed by atoms with Gasteiger partial charge < -0.3 is 0 Å². The number of anilines is 1. The highest BCUT2D eigenvalue weighted by Crippen LogP contribution is 2.24. The zero-order chi connectivity index (χ0) is 14.8. The Balaban J connectivity index is 2.38. The van der Waals surface area contributed by atoms with Crippen molar-refractivity contribution in [3.8, 4) is 6.07 Å². The normalized spacial score (nSPS) is 10.8. The van der Waals surface area contributed by atoms with E-state index >= 15 is 0 Å². The molecule has 5 nitrogen and oxygen atoms in total. The van der Waals surface area contributed by atoms with Crippen LogP contribution in [0.2, 0.25) is 5.02 Å². The monoisotopic (exact) mass is 311 g/mol. The van der Waals surface area contributed by atoms with Gasteiger partial charge in [-0.25, -0.2) is 17.8 Å². The molecule has 0 saturated carbocycles. The van der Waals surface area contributed by atoms with Crippen LogP contribution >= 0.6 is 11.6 Å². The third kappa shape index (κ3) is 3.04. The lowest BCUT2D eigenvalue weighted by Crippen LogP contribution is -2.14. The molecule has 0 bridgehead atoms. The number of hydrogen-bond acceptors (Lipinski definition) is 4. The highest BCUT2D eigenvalue weighted by atomic mass is 35.5. The van der Waals surface area contributed by atoms with Gasteiger partial charge in [0.2, 0.25) is 0 Å². The zero-order valence-corrected chi connectivity index (χ0v) is 11.4. The average molecular weight is 312 g/mol. The van der Waals surface area contributed by atoms with Crippen molar-refractivity contribution < 1.29 is 12.8 Å². The van der Waals surface area contributed by atoms with Gasteiger partial charge in [-0.3, -0.25) is 4.72 Å². The van der Waals surface area contributed by atoms with Crippen LogP contribution in [0.4, 0.5) is 10.2 Å². The second-order valence-electron chi connectivity index (χ2n) is 3.72. The minimum atomic E-state index is -4.01. The maximum absolute atomic E-state index is 12.9. The van der Waals surface area contributed by atoms with Crippen LogP contribution in [0.15, 0.2) is 41.4 Å². The molecular weight excluding hydrogens is 305 g/mol. The van der Waals surface area contributed by atoms with Gasteiger partial charge in [-0.1, -0.05) is 11.6 Å². The van der Waals surface area contributed by atoms with Gasteiger partial charge in [-0.05, 0) is 30.3 Å². The molecule has 0 atom stereocenters. The van der Waals surface area contributed by atoms with Gasteiger partial charge >= 0.3 is 0 Å². The van der Waals surface area contributed by atoms with E-state index in [1.165, 1.54) is 18.3 Å². The number of rotatable bonds is 3. The number of sulfonamides is 1. The van der Waals surface area contributed by atoms with E-state index < -0.39 is 15.8 Å². The lowest BCUT2D eigenvalue weighted by atomic mass is 10.3. The summed E-state index contributed by atoms with van der Waals surface area (Å²) in [5, 5.41) is 8.49. The number of hydrogen-bond donors (Lipinski definition) is 1. The van der Waals surface area contributed by atoms with Crippen molar-refractivity contribution in [2.24, 2.45) is 0 Å². The summed E-state index contributed by atoms with van der Waals surface area (Å²) < 4.78 is 39.3. The molecule has 102 valence electrons.